The van der Waals surface area contributed by atoms with E-state index in [1.54, 1.807) is 4.40 Å². The van der Waals surface area contributed by atoms with Crippen LogP contribution in [-0.2, 0) is 0 Å². The van der Waals surface area contributed by atoms with Gasteiger partial charge in [-0.25, -0.2) is 14.8 Å². The fourth-order valence-corrected chi connectivity index (χ4v) is 7.53. The van der Waals surface area contributed by atoms with Crippen molar-refractivity contribution in [1.82, 2.24) is 24.6 Å². The third kappa shape index (κ3) is 4.36. The molecule has 0 bridgehead atoms. The molecule has 37 heavy (non-hydrogen) atoms. The summed E-state index contributed by atoms with van der Waals surface area (Å²) in [5.41, 5.74) is 8.01. The van der Waals surface area contributed by atoms with Crippen molar-refractivity contribution in [3.63, 3.8) is 0 Å². The fraction of sp³-hybridized carbons (Fsp3) is 0.385. The highest BCUT2D eigenvalue weighted by Gasteiger charge is 2.48. The summed E-state index contributed by atoms with van der Waals surface area (Å²) in [6, 6.07) is 9.59. The molecule has 0 spiro atoms. The fourth-order valence-electron chi connectivity index (χ4n) is 5.95. The molecule has 4 heterocycles. The lowest BCUT2D eigenvalue weighted by atomic mass is 9.94. The van der Waals surface area contributed by atoms with Crippen LogP contribution < -0.4 is 15.8 Å². The number of nitrogens with one attached hydrogen (secondary N) is 1. The van der Waals surface area contributed by atoms with E-state index in [4.69, 9.17) is 10.5 Å². The first-order valence-electron chi connectivity index (χ1n) is 12.4. The molecule has 2 fully saturated rings. The molecule has 1 aromatic carbocycles. The summed E-state index contributed by atoms with van der Waals surface area (Å²) in [5.74, 6) is 1.58. The lowest BCUT2D eigenvalue weighted by Crippen LogP contribution is -2.46. The molecule has 3 N–H and O–H groups in total. The number of fused-ring (bicyclic) bond motifs is 2. The first-order valence-corrected chi connectivity index (χ1v) is 14.1. The molecule has 2 aliphatic rings. The molecule has 2 amide bonds. The Bertz CT molecular complexity index is 1460. The second-order valence-corrected chi connectivity index (χ2v) is 11.9. The minimum atomic E-state index is -0.555. The maximum absolute atomic E-state index is 13.9. The van der Waals surface area contributed by atoms with Crippen molar-refractivity contribution in [3.05, 3.63) is 53.3 Å². The molecule has 1 saturated carbocycles. The van der Waals surface area contributed by atoms with Crippen molar-refractivity contribution in [2.45, 2.75) is 32.7 Å². The zero-order valence-corrected chi connectivity index (χ0v) is 22.2. The van der Waals surface area contributed by atoms with Gasteiger partial charge in [-0.3, -0.25) is 9.20 Å². The molecule has 0 radical (unpaired) electrons. The van der Waals surface area contributed by atoms with Crippen LogP contribution in [0.25, 0.3) is 15.4 Å². The standard InChI is InChI=1S/C26H28N6O3S2/c1-14-10-17-13-32(22(33)20-21(37-24(27)30-20)16-6-4-3-5-7-16)19(18(17)11-14)12-28-26(34)35-23-15(2)29-25-31(23)8-9-36-25/h3-9,14,17-19H,10-13H2,1-2H3,(H2,27,30)(H,28,34)/t14?,17-,18-,19+/m0/s1. The number of likely N-dealkylation sites (tertiary alicyclic amines) is 1. The minimum Gasteiger partial charge on any atom is -0.391 e. The topological polar surface area (TPSA) is 115 Å². The Morgan fingerprint density at radius 1 is 1.22 bits per heavy atom. The van der Waals surface area contributed by atoms with E-state index >= 15 is 0 Å². The van der Waals surface area contributed by atoms with E-state index in [1.807, 2.05) is 53.7 Å². The van der Waals surface area contributed by atoms with Gasteiger partial charge in [0.1, 0.15) is 11.4 Å². The number of carbonyl (C=O) groups is 2. The van der Waals surface area contributed by atoms with E-state index in [0.717, 1.165) is 28.2 Å². The molecular weight excluding hydrogens is 508 g/mol. The van der Waals surface area contributed by atoms with E-state index in [1.165, 1.54) is 22.7 Å². The Balaban J connectivity index is 1.22. The molecule has 1 unspecified atom stereocenters. The monoisotopic (exact) mass is 536 g/mol. The Morgan fingerprint density at radius 2 is 2.03 bits per heavy atom. The smallest absolute Gasteiger partial charge is 0.391 e. The molecule has 11 heteroatoms. The molecule has 6 rings (SSSR count). The van der Waals surface area contributed by atoms with E-state index in [2.05, 4.69) is 22.2 Å². The van der Waals surface area contributed by atoms with Crippen molar-refractivity contribution in [3.8, 4) is 16.3 Å². The van der Waals surface area contributed by atoms with Crippen LogP contribution in [0.1, 0.15) is 35.9 Å². The van der Waals surface area contributed by atoms with Crippen molar-refractivity contribution in [2.75, 3.05) is 18.8 Å². The van der Waals surface area contributed by atoms with Crippen molar-refractivity contribution < 1.29 is 14.3 Å². The first kappa shape index (κ1) is 23.9. The summed E-state index contributed by atoms with van der Waals surface area (Å²) in [4.78, 5) is 39.0. The number of nitrogen functional groups attached to an aromatic ring is 1. The number of ether oxygens (including phenoxy) is 1. The largest absolute Gasteiger partial charge is 0.414 e. The molecule has 3 aromatic heterocycles. The second-order valence-electron chi connectivity index (χ2n) is 9.95. The molecular formula is C26H28N6O3S2. The number of amides is 2. The molecule has 1 saturated heterocycles. The van der Waals surface area contributed by atoms with Crippen molar-refractivity contribution >= 4 is 44.8 Å². The summed E-state index contributed by atoms with van der Waals surface area (Å²) in [5, 5.41) is 5.19. The number of nitrogens with two attached hydrogens (primary N) is 1. The van der Waals surface area contributed by atoms with Crippen LogP contribution in [-0.4, -0.2) is 50.4 Å². The Hall–Kier alpha value is -3.44. The highest BCUT2D eigenvalue weighted by Crippen LogP contribution is 2.46. The van der Waals surface area contributed by atoms with E-state index in [0.29, 0.717) is 53.2 Å². The van der Waals surface area contributed by atoms with E-state index in [9.17, 15) is 9.59 Å². The second kappa shape index (κ2) is 9.46. The van der Waals surface area contributed by atoms with Gasteiger partial charge in [0.15, 0.2) is 10.1 Å². The number of aromatic nitrogens is 3. The third-order valence-electron chi connectivity index (χ3n) is 7.48. The minimum absolute atomic E-state index is 0.138. The van der Waals surface area contributed by atoms with Crippen LogP contribution >= 0.6 is 22.7 Å². The number of hydrogen-bond donors (Lipinski definition) is 2. The Morgan fingerprint density at radius 3 is 2.84 bits per heavy atom. The van der Waals surface area contributed by atoms with Gasteiger partial charge in [0.2, 0.25) is 5.88 Å². The zero-order valence-electron chi connectivity index (χ0n) is 20.6. The maximum Gasteiger partial charge on any atom is 0.414 e. The van der Waals surface area contributed by atoms with Gasteiger partial charge in [-0.2, -0.15) is 0 Å². The number of nitrogens with zero attached hydrogens (tertiary/aromatic N) is 4. The predicted molar refractivity (Wildman–Crippen MR) is 144 cm³/mol. The van der Waals surface area contributed by atoms with Crippen LogP contribution in [0.5, 0.6) is 5.88 Å². The van der Waals surface area contributed by atoms with Gasteiger partial charge < -0.3 is 20.7 Å². The number of thiazole rings is 2. The lowest BCUT2D eigenvalue weighted by molar-refractivity contribution is 0.0702. The number of hydrogen-bond acceptors (Lipinski definition) is 8. The van der Waals surface area contributed by atoms with Crippen molar-refractivity contribution in [2.24, 2.45) is 17.8 Å². The number of carbonyl (C=O) groups excluding carboxylic acids is 2. The van der Waals surface area contributed by atoms with Crippen LogP contribution in [0.4, 0.5) is 9.93 Å². The van der Waals surface area contributed by atoms with Gasteiger partial charge in [-0.05, 0) is 43.1 Å². The molecule has 192 valence electrons. The van der Waals surface area contributed by atoms with Crippen LogP contribution in [0.3, 0.4) is 0 Å². The van der Waals surface area contributed by atoms with Gasteiger partial charge in [0.05, 0.1) is 10.9 Å². The molecule has 1 aliphatic heterocycles. The molecule has 4 atom stereocenters. The molecule has 9 nitrogen and oxygen atoms in total. The summed E-state index contributed by atoms with van der Waals surface area (Å²) in [7, 11) is 0. The van der Waals surface area contributed by atoms with E-state index < -0.39 is 6.09 Å². The number of anilines is 1. The van der Waals surface area contributed by atoms with Gasteiger partial charge in [-0.1, -0.05) is 48.6 Å². The predicted octanol–water partition coefficient (Wildman–Crippen LogP) is 4.69. The average Bonchev–Trinajstić information content (AvgIpc) is 3.68. The third-order valence-corrected chi connectivity index (χ3v) is 9.17. The SMILES string of the molecule is Cc1nc2sccn2c1OC(=O)NC[C@@H]1[C@H]2CC(C)C[C@H]2CN1C(=O)c1nc(N)sc1-c1ccccc1. The maximum atomic E-state index is 13.9. The first-order chi connectivity index (χ1) is 17.9. The molecule has 4 aromatic rings. The number of rotatable bonds is 5. The van der Waals surface area contributed by atoms with Crippen LogP contribution in [0.2, 0.25) is 0 Å². The van der Waals surface area contributed by atoms with Gasteiger partial charge in [0.25, 0.3) is 5.91 Å². The van der Waals surface area contributed by atoms with Gasteiger partial charge >= 0.3 is 6.09 Å². The van der Waals surface area contributed by atoms with Gasteiger partial charge in [0, 0.05) is 24.7 Å². The number of benzene rings is 1. The van der Waals surface area contributed by atoms with Crippen molar-refractivity contribution in [1.29, 1.82) is 0 Å². The Kier molecular flexibility index (Phi) is 6.12. The van der Waals surface area contributed by atoms with Crippen LogP contribution in [0.15, 0.2) is 41.9 Å². The molecule has 1 aliphatic carbocycles. The lowest BCUT2D eigenvalue weighted by Gasteiger charge is -2.28. The summed E-state index contributed by atoms with van der Waals surface area (Å²) >= 11 is 2.80. The normalized spacial score (nSPS) is 22.9. The zero-order chi connectivity index (χ0) is 25.7. The highest BCUT2D eigenvalue weighted by molar-refractivity contribution is 7.19. The number of aryl methyl sites for hydroxylation is 1. The average molecular weight is 537 g/mol. The summed E-state index contributed by atoms with van der Waals surface area (Å²) < 4.78 is 7.40. The number of imidazole rings is 1. The van der Waals surface area contributed by atoms with Crippen LogP contribution in [0, 0.1) is 24.7 Å². The van der Waals surface area contributed by atoms with Gasteiger partial charge in [-0.15, -0.1) is 11.3 Å². The van der Waals surface area contributed by atoms with E-state index in [-0.39, 0.29) is 11.9 Å². The summed E-state index contributed by atoms with van der Waals surface area (Å²) in [6.07, 6.45) is 3.37. The highest BCUT2D eigenvalue weighted by atomic mass is 32.1. The quantitative estimate of drug-likeness (QED) is 0.383. The summed E-state index contributed by atoms with van der Waals surface area (Å²) in [6.45, 7) is 5.03. The Labute approximate surface area is 222 Å².